The van der Waals surface area contributed by atoms with E-state index in [2.05, 4.69) is 18.8 Å². The normalized spacial score (nSPS) is 21.7. The van der Waals surface area contributed by atoms with Gasteiger partial charge in [-0.1, -0.05) is 13.8 Å². The van der Waals surface area contributed by atoms with Crippen LogP contribution in [0.25, 0.3) is 11.1 Å². The number of furan rings is 1. The number of nitrogens with zero attached hydrogens (tertiary/aromatic N) is 2. The number of hydrogen-bond donors (Lipinski definition) is 1. The molecule has 1 unspecified atom stereocenters. The van der Waals surface area contributed by atoms with E-state index in [4.69, 9.17) is 10.2 Å². The second kappa shape index (κ2) is 4.84. The van der Waals surface area contributed by atoms with Crippen LogP contribution >= 0.6 is 0 Å². The highest BCUT2D eigenvalue weighted by atomic mass is 16.3. The first-order valence-corrected chi connectivity index (χ1v) is 7.29. The van der Waals surface area contributed by atoms with Gasteiger partial charge in [0.05, 0.1) is 0 Å². The van der Waals surface area contributed by atoms with Crippen molar-refractivity contribution in [1.29, 1.82) is 0 Å². The molecule has 0 bridgehead atoms. The van der Waals surface area contributed by atoms with Crippen molar-refractivity contribution in [3.63, 3.8) is 0 Å². The van der Waals surface area contributed by atoms with Crippen molar-refractivity contribution < 1.29 is 9.21 Å². The Bertz CT molecular complexity index is 690. The number of carbonyl (C=O) groups excluding carboxylic acids is 1. The van der Waals surface area contributed by atoms with Crippen molar-refractivity contribution in [3.8, 4) is 0 Å². The summed E-state index contributed by atoms with van der Waals surface area (Å²) in [5.41, 5.74) is 8.33. The third-order valence-corrected chi connectivity index (χ3v) is 4.32. The van der Waals surface area contributed by atoms with Crippen molar-refractivity contribution in [3.05, 3.63) is 29.7 Å². The lowest BCUT2D eigenvalue weighted by atomic mass is 9.79. The molecule has 1 aliphatic heterocycles. The predicted molar refractivity (Wildman–Crippen MR) is 81.0 cm³/mol. The molecule has 0 spiro atoms. The van der Waals surface area contributed by atoms with Gasteiger partial charge in [-0.25, -0.2) is 4.98 Å². The molecule has 2 N–H and O–H groups in total. The maximum absolute atomic E-state index is 12.6. The van der Waals surface area contributed by atoms with Gasteiger partial charge in [-0.3, -0.25) is 4.79 Å². The molecule has 0 saturated carbocycles. The fourth-order valence-electron chi connectivity index (χ4n) is 2.83. The van der Waals surface area contributed by atoms with Crippen molar-refractivity contribution in [2.75, 3.05) is 13.1 Å². The number of hydrogen-bond acceptors (Lipinski definition) is 4. The summed E-state index contributed by atoms with van der Waals surface area (Å²) < 4.78 is 5.65. The molecule has 0 aliphatic carbocycles. The Balaban J connectivity index is 1.87. The van der Waals surface area contributed by atoms with Crippen molar-refractivity contribution in [1.82, 2.24) is 9.88 Å². The van der Waals surface area contributed by atoms with E-state index >= 15 is 0 Å². The van der Waals surface area contributed by atoms with Gasteiger partial charge in [0.1, 0.15) is 5.52 Å². The molecule has 1 saturated heterocycles. The van der Waals surface area contributed by atoms with Crippen LogP contribution in [0.1, 0.15) is 36.5 Å². The molecule has 0 aromatic carbocycles. The van der Waals surface area contributed by atoms with Gasteiger partial charge in [-0.2, -0.15) is 0 Å². The largest absolute Gasteiger partial charge is 0.449 e. The van der Waals surface area contributed by atoms with E-state index in [1.165, 1.54) is 0 Å². The van der Waals surface area contributed by atoms with Gasteiger partial charge >= 0.3 is 0 Å². The molecule has 3 rings (SSSR count). The molecule has 1 amide bonds. The van der Waals surface area contributed by atoms with E-state index in [1.807, 2.05) is 24.0 Å². The van der Waals surface area contributed by atoms with E-state index in [0.717, 1.165) is 17.6 Å². The third-order valence-electron chi connectivity index (χ3n) is 4.32. The topological polar surface area (TPSA) is 72.4 Å². The van der Waals surface area contributed by atoms with Crippen LogP contribution in [0.3, 0.4) is 0 Å². The number of fused-ring (bicyclic) bond motifs is 1. The highest BCUT2D eigenvalue weighted by molar-refractivity contribution is 5.95. The summed E-state index contributed by atoms with van der Waals surface area (Å²) in [5, 5.41) is 0. The van der Waals surface area contributed by atoms with E-state index in [9.17, 15) is 4.79 Å². The molecular weight excluding hydrogens is 266 g/mol. The Morgan fingerprint density at radius 3 is 2.95 bits per heavy atom. The summed E-state index contributed by atoms with van der Waals surface area (Å²) in [6.45, 7) is 7.44. The van der Waals surface area contributed by atoms with Crippen molar-refractivity contribution >= 4 is 17.0 Å². The van der Waals surface area contributed by atoms with Crippen LogP contribution in [0.5, 0.6) is 0 Å². The minimum atomic E-state index is -0.0781. The summed E-state index contributed by atoms with van der Waals surface area (Å²) in [6, 6.07) is 5.58. The van der Waals surface area contributed by atoms with Gasteiger partial charge in [0.25, 0.3) is 5.91 Å². The molecule has 1 aliphatic rings. The monoisotopic (exact) mass is 287 g/mol. The smallest absolute Gasteiger partial charge is 0.289 e. The summed E-state index contributed by atoms with van der Waals surface area (Å²) >= 11 is 0. The number of aryl methyl sites for hydroxylation is 1. The molecule has 21 heavy (non-hydrogen) atoms. The minimum Gasteiger partial charge on any atom is -0.449 e. The van der Waals surface area contributed by atoms with E-state index in [-0.39, 0.29) is 17.4 Å². The molecule has 5 heteroatoms. The van der Waals surface area contributed by atoms with Gasteiger partial charge in [0.2, 0.25) is 0 Å². The Morgan fingerprint density at radius 2 is 2.24 bits per heavy atom. The van der Waals surface area contributed by atoms with E-state index in [0.29, 0.717) is 24.4 Å². The average Bonchev–Trinajstić information content (AvgIpc) is 2.83. The maximum atomic E-state index is 12.6. The van der Waals surface area contributed by atoms with Gasteiger partial charge < -0.3 is 15.1 Å². The average molecular weight is 287 g/mol. The van der Waals surface area contributed by atoms with Crippen LogP contribution < -0.4 is 5.73 Å². The molecule has 112 valence electrons. The van der Waals surface area contributed by atoms with Crippen LogP contribution in [-0.2, 0) is 0 Å². The van der Waals surface area contributed by atoms with Crippen LogP contribution in [0.4, 0.5) is 0 Å². The van der Waals surface area contributed by atoms with Gasteiger partial charge in [-0.15, -0.1) is 0 Å². The van der Waals surface area contributed by atoms with Crippen LogP contribution in [0.15, 0.2) is 22.6 Å². The number of piperidine rings is 1. The van der Waals surface area contributed by atoms with E-state index < -0.39 is 0 Å². The second-order valence-electron chi connectivity index (χ2n) is 6.56. The number of amides is 1. The highest BCUT2D eigenvalue weighted by Gasteiger charge is 2.36. The quantitative estimate of drug-likeness (QED) is 0.873. The lowest BCUT2D eigenvalue weighted by Gasteiger charge is -2.42. The number of aromatic nitrogens is 1. The molecule has 3 heterocycles. The second-order valence-corrected chi connectivity index (χ2v) is 6.56. The molecule has 5 nitrogen and oxygen atoms in total. The molecule has 0 radical (unpaired) electrons. The maximum Gasteiger partial charge on any atom is 0.289 e. The number of carbonyl (C=O) groups is 1. The standard InChI is InChI=1S/C16H21N3O2/c1-10-4-5-12-11(18-10)8-13(21-12)15(20)19-7-6-14(17)16(2,3)9-19/h4-5,8,14H,6-7,9,17H2,1-3H3. The zero-order valence-corrected chi connectivity index (χ0v) is 12.7. The first kappa shape index (κ1) is 14.1. The summed E-state index contributed by atoms with van der Waals surface area (Å²) in [5.74, 6) is 0.278. The lowest BCUT2D eigenvalue weighted by Crippen LogP contribution is -2.53. The lowest BCUT2D eigenvalue weighted by molar-refractivity contribution is 0.0505. The zero-order valence-electron chi connectivity index (χ0n) is 12.7. The van der Waals surface area contributed by atoms with E-state index in [1.54, 1.807) is 6.07 Å². The van der Waals surface area contributed by atoms with Gasteiger partial charge in [0.15, 0.2) is 11.3 Å². The van der Waals surface area contributed by atoms with Crippen molar-refractivity contribution in [2.24, 2.45) is 11.1 Å². The number of nitrogens with two attached hydrogens (primary N) is 1. The minimum absolute atomic E-state index is 0.0746. The number of rotatable bonds is 1. The highest BCUT2D eigenvalue weighted by Crippen LogP contribution is 2.29. The SMILES string of the molecule is Cc1ccc2oc(C(=O)N3CCC(N)C(C)(C)C3)cc2n1. The predicted octanol–water partition coefficient (Wildman–Crippen LogP) is 2.34. The van der Waals surface area contributed by atoms with Crippen LogP contribution in [0, 0.1) is 12.3 Å². The molecule has 1 atom stereocenters. The fourth-order valence-corrected chi connectivity index (χ4v) is 2.83. The Kier molecular flexibility index (Phi) is 3.24. The zero-order chi connectivity index (χ0) is 15.2. The van der Waals surface area contributed by atoms with Crippen LogP contribution in [0.2, 0.25) is 0 Å². The van der Waals surface area contributed by atoms with Gasteiger partial charge in [0, 0.05) is 30.9 Å². The Labute approximate surface area is 124 Å². The molecule has 1 fully saturated rings. The Morgan fingerprint density at radius 1 is 1.48 bits per heavy atom. The summed E-state index contributed by atoms with van der Waals surface area (Å²) in [7, 11) is 0. The summed E-state index contributed by atoms with van der Waals surface area (Å²) in [4.78, 5) is 18.8. The third kappa shape index (κ3) is 2.53. The van der Waals surface area contributed by atoms with Crippen molar-refractivity contribution in [2.45, 2.75) is 33.2 Å². The summed E-state index contributed by atoms with van der Waals surface area (Å²) in [6.07, 6.45) is 0.816. The fraction of sp³-hybridized carbons (Fsp3) is 0.500. The first-order chi connectivity index (χ1) is 9.87. The Hall–Kier alpha value is -1.88. The first-order valence-electron chi connectivity index (χ1n) is 7.29. The molecule has 2 aromatic heterocycles. The molecule has 2 aromatic rings. The van der Waals surface area contributed by atoms with Gasteiger partial charge in [-0.05, 0) is 30.9 Å². The van der Waals surface area contributed by atoms with Crippen LogP contribution in [-0.4, -0.2) is 34.9 Å². The molecular formula is C16H21N3O2. The number of likely N-dealkylation sites (tertiary alicyclic amines) is 1. The number of pyridine rings is 1.